The first-order chi connectivity index (χ1) is 6.74. The van der Waals surface area contributed by atoms with Crippen molar-refractivity contribution >= 4 is 5.97 Å². The summed E-state index contributed by atoms with van der Waals surface area (Å²) in [6.07, 6.45) is 0.108. The van der Waals surface area contributed by atoms with Gasteiger partial charge in [-0.3, -0.25) is 0 Å². The van der Waals surface area contributed by atoms with Crippen molar-refractivity contribution in [1.82, 2.24) is 0 Å². The number of hydrogen-bond donors (Lipinski definition) is 1. The number of hydrogen-bond acceptors (Lipinski definition) is 3. The van der Waals surface area contributed by atoms with Crippen molar-refractivity contribution in [3.8, 4) is 0 Å². The van der Waals surface area contributed by atoms with Crippen LogP contribution in [-0.4, -0.2) is 22.9 Å². The standard InChI is InChI=1S/C8H8O3.C2H6O/c9-8(11-10)6-7-4-2-1-3-5-7;1-2-3/h1-5,10H,6H2;3H,2H2,1H3/p+1. The van der Waals surface area contributed by atoms with E-state index in [2.05, 4.69) is 4.89 Å². The molecule has 0 radical (unpaired) electrons. The van der Waals surface area contributed by atoms with Gasteiger partial charge in [-0.25, -0.2) is 4.79 Å². The quantitative estimate of drug-likeness (QED) is 0.438. The summed E-state index contributed by atoms with van der Waals surface area (Å²) in [6, 6.07) is 9.07. The molecule has 78 valence electrons. The van der Waals surface area contributed by atoms with Gasteiger partial charge in [0.05, 0.1) is 6.42 Å². The van der Waals surface area contributed by atoms with E-state index in [-0.39, 0.29) is 6.42 Å². The van der Waals surface area contributed by atoms with E-state index in [0.717, 1.165) is 5.56 Å². The molecule has 1 aromatic carbocycles. The minimum absolute atomic E-state index is 0.108. The Morgan fingerprint density at radius 2 is 1.93 bits per heavy atom. The second-order valence-corrected chi connectivity index (χ2v) is 2.48. The molecule has 0 aromatic heterocycles. The molecule has 0 unspecified atom stereocenters. The molecule has 0 spiro atoms. The van der Waals surface area contributed by atoms with E-state index in [1.54, 1.807) is 19.1 Å². The zero-order valence-corrected chi connectivity index (χ0v) is 8.06. The fourth-order valence-corrected chi connectivity index (χ4v) is 0.795. The van der Waals surface area contributed by atoms with Crippen molar-refractivity contribution < 1.29 is 20.0 Å². The third-order valence-electron chi connectivity index (χ3n) is 1.29. The number of carbonyl (C=O) groups is 1. The van der Waals surface area contributed by atoms with E-state index in [1.165, 1.54) is 0 Å². The van der Waals surface area contributed by atoms with Gasteiger partial charge >= 0.3 is 5.97 Å². The van der Waals surface area contributed by atoms with Gasteiger partial charge in [0.25, 0.3) is 0 Å². The van der Waals surface area contributed by atoms with Crippen LogP contribution in [0.4, 0.5) is 0 Å². The third kappa shape index (κ3) is 6.16. The second-order valence-electron chi connectivity index (χ2n) is 2.48. The highest BCUT2D eigenvalue weighted by Crippen LogP contribution is 1.99. The van der Waals surface area contributed by atoms with Crippen LogP contribution in [0.3, 0.4) is 0 Å². The van der Waals surface area contributed by atoms with Crippen LogP contribution in [0.1, 0.15) is 12.5 Å². The average Bonchev–Trinajstić information content (AvgIpc) is 2.20. The van der Waals surface area contributed by atoms with Gasteiger partial charge in [0.1, 0.15) is 6.61 Å². The zero-order valence-electron chi connectivity index (χ0n) is 8.06. The van der Waals surface area contributed by atoms with Gasteiger partial charge in [-0.15, -0.1) is 0 Å². The summed E-state index contributed by atoms with van der Waals surface area (Å²) in [6.45, 7) is 2.29. The van der Waals surface area contributed by atoms with Crippen LogP contribution in [0.25, 0.3) is 0 Å². The number of rotatable bonds is 2. The summed E-state index contributed by atoms with van der Waals surface area (Å²) in [4.78, 5) is 14.0. The van der Waals surface area contributed by atoms with Crippen molar-refractivity contribution in [1.29, 1.82) is 0 Å². The molecule has 0 bridgehead atoms. The molecular weight excluding hydrogens is 184 g/mol. The highest BCUT2D eigenvalue weighted by molar-refractivity contribution is 5.71. The molecular formula is C10H15O4+. The molecule has 14 heavy (non-hydrogen) atoms. The minimum atomic E-state index is -0.642. The third-order valence-corrected chi connectivity index (χ3v) is 1.29. The summed E-state index contributed by atoms with van der Waals surface area (Å²) in [7, 11) is 0. The fraction of sp³-hybridized carbons (Fsp3) is 0.300. The largest absolute Gasteiger partial charge is 0.446 e. The van der Waals surface area contributed by atoms with Crippen LogP contribution in [0.5, 0.6) is 0 Å². The zero-order chi connectivity index (χ0) is 10.8. The Morgan fingerprint density at radius 3 is 2.36 bits per heavy atom. The lowest BCUT2D eigenvalue weighted by molar-refractivity contribution is -0.233. The molecule has 0 saturated carbocycles. The second kappa shape index (κ2) is 8.22. The Bertz CT molecular complexity index is 246. The summed E-state index contributed by atoms with van der Waals surface area (Å²) in [5, 5.41) is 14.2. The monoisotopic (exact) mass is 199 g/mol. The molecule has 0 amide bonds. The summed E-state index contributed by atoms with van der Waals surface area (Å²) in [5.41, 5.74) is 0.826. The lowest BCUT2D eigenvalue weighted by Gasteiger charge is -1.95. The molecule has 0 aliphatic heterocycles. The molecule has 1 rings (SSSR count). The van der Waals surface area contributed by atoms with Crippen LogP contribution in [0, 0.1) is 0 Å². The van der Waals surface area contributed by atoms with E-state index < -0.39 is 5.97 Å². The molecule has 4 nitrogen and oxygen atoms in total. The lowest BCUT2D eigenvalue weighted by Crippen LogP contribution is -2.04. The molecule has 0 saturated heterocycles. The number of benzene rings is 1. The van der Waals surface area contributed by atoms with Crippen LogP contribution in [-0.2, 0) is 16.1 Å². The molecule has 1 aromatic rings. The van der Waals surface area contributed by atoms with E-state index in [0.29, 0.717) is 6.61 Å². The SMILES string of the molecule is CC[OH2+].O=C(Cc1ccccc1)OO. The molecule has 4 heteroatoms. The molecule has 3 N–H and O–H groups in total. The van der Waals surface area contributed by atoms with Gasteiger partial charge in [0, 0.05) is 6.92 Å². The maximum Gasteiger partial charge on any atom is 0.346 e. The van der Waals surface area contributed by atoms with Crippen molar-refractivity contribution in [2.45, 2.75) is 13.3 Å². The minimum Gasteiger partial charge on any atom is -0.446 e. The first-order valence-electron chi connectivity index (χ1n) is 4.27. The molecule has 0 aliphatic carbocycles. The van der Waals surface area contributed by atoms with Crippen molar-refractivity contribution in [3.63, 3.8) is 0 Å². The maximum atomic E-state index is 10.5. The predicted octanol–water partition coefficient (Wildman–Crippen LogP) is 0.976. The smallest absolute Gasteiger partial charge is 0.346 e. The van der Waals surface area contributed by atoms with Crippen LogP contribution < -0.4 is 0 Å². The topological polar surface area (TPSA) is 69.4 Å². The Morgan fingerprint density at radius 1 is 1.43 bits per heavy atom. The predicted molar refractivity (Wildman–Crippen MR) is 53.0 cm³/mol. The highest BCUT2D eigenvalue weighted by Gasteiger charge is 2.01. The number of carbonyl (C=O) groups excluding carboxylic acids is 1. The summed E-state index contributed by atoms with van der Waals surface area (Å²) >= 11 is 0. The maximum absolute atomic E-state index is 10.5. The average molecular weight is 199 g/mol. The summed E-state index contributed by atoms with van der Waals surface area (Å²) < 4.78 is 0. The molecule has 0 fully saturated rings. The van der Waals surface area contributed by atoms with Gasteiger partial charge in [0.15, 0.2) is 0 Å². The van der Waals surface area contributed by atoms with E-state index in [4.69, 9.17) is 10.4 Å². The lowest BCUT2D eigenvalue weighted by atomic mass is 10.2. The van der Waals surface area contributed by atoms with Gasteiger partial charge in [-0.05, 0) is 5.56 Å². The highest BCUT2D eigenvalue weighted by atomic mass is 17.1. The Balaban J connectivity index is 0.000000500. The Labute approximate surface area is 82.7 Å². The van der Waals surface area contributed by atoms with Crippen LogP contribution in [0.15, 0.2) is 30.3 Å². The molecule has 0 heterocycles. The van der Waals surface area contributed by atoms with E-state index in [9.17, 15) is 4.79 Å². The van der Waals surface area contributed by atoms with Gasteiger partial charge < -0.3 is 9.99 Å². The van der Waals surface area contributed by atoms with Crippen molar-refractivity contribution in [2.75, 3.05) is 6.61 Å². The van der Waals surface area contributed by atoms with Crippen LogP contribution >= 0.6 is 0 Å². The van der Waals surface area contributed by atoms with Crippen molar-refractivity contribution in [2.24, 2.45) is 0 Å². The first kappa shape index (κ1) is 12.6. The van der Waals surface area contributed by atoms with Crippen molar-refractivity contribution in [3.05, 3.63) is 35.9 Å². The van der Waals surface area contributed by atoms with Gasteiger partial charge in [-0.1, -0.05) is 30.3 Å². The van der Waals surface area contributed by atoms with Gasteiger partial charge in [-0.2, -0.15) is 5.26 Å². The van der Waals surface area contributed by atoms with E-state index in [1.807, 2.05) is 18.2 Å². The summed E-state index contributed by atoms with van der Waals surface area (Å²) in [5.74, 6) is -0.642. The van der Waals surface area contributed by atoms with Gasteiger partial charge in [0.2, 0.25) is 0 Å². The first-order valence-corrected chi connectivity index (χ1v) is 4.27. The molecule has 0 aliphatic rings. The molecule has 0 atom stereocenters. The Kier molecular flexibility index (Phi) is 7.40. The Hall–Kier alpha value is -1.39. The fourth-order valence-electron chi connectivity index (χ4n) is 0.795. The normalized spacial score (nSPS) is 8.50. The van der Waals surface area contributed by atoms with E-state index >= 15 is 0 Å². The van der Waals surface area contributed by atoms with Crippen LogP contribution in [0.2, 0.25) is 0 Å².